The third-order valence-corrected chi connectivity index (χ3v) is 4.03. The van der Waals surface area contributed by atoms with Crippen LogP contribution in [0.5, 0.6) is 5.75 Å². The molecule has 4 nitrogen and oxygen atoms in total. The molecule has 0 aliphatic rings. The molecule has 2 aromatic rings. The lowest BCUT2D eigenvalue weighted by Gasteiger charge is -2.06. The average molecular weight is 308 g/mol. The van der Waals surface area contributed by atoms with E-state index < -0.39 is 0 Å². The molecule has 2 rings (SSSR count). The van der Waals surface area contributed by atoms with Crippen molar-refractivity contribution in [1.29, 1.82) is 0 Å². The first-order chi connectivity index (χ1) is 10.0. The minimum atomic E-state index is -0.387. The first-order valence-electron chi connectivity index (χ1n) is 6.62. The number of thiazole rings is 1. The Balaban J connectivity index is 1.70. The largest absolute Gasteiger partial charge is 0.484 e. The fraction of sp³-hybridized carbons (Fsp3) is 0.333. The van der Waals surface area contributed by atoms with Gasteiger partial charge >= 0.3 is 0 Å². The molecule has 0 radical (unpaired) electrons. The summed E-state index contributed by atoms with van der Waals surface area (Å²) in [5.74, 6) is -0.275. The summed E-state index contributed by atoms with van der Waals surface area (Å²) in [5, 5.41) is 3.76. The smallest absolute Gasteiger partial charge is 0.257 e. The van der Waals surface area contributed by atoms with Gasteiger partial charge in [0.1, 0.15) is 11.6 Å². The van der Waals surface area contributed by atoms with Crippen LogP contribution in [0.4, 0.5) is 4.39 Å². The summed E-state index contributed by atoms with van der Waals surface area (Å²) in [6, 6.07) is 5.71. The molecule has 0 bridgehead atoms. The molecule has 1 aromatic carbocycles. The molecule has 0 aliphatic heterocycles. The summed E-state index contributed by atoms with van der Waals surface area (Å²) in [4.78, 5) is 17.2. The standard InChI is InChI=1S/C15H17FN2O2S/c1-10-11(2)21-15(18-10)6-7-17-14(19)9-20-13-5-3-4-12(16)8-13/h3-5,8H,6-7,9H2,1-2H3,(H,17,19). The predicted molar refractivity (Wildman–Crippen MR) is 80.2 cm³/mol. The number of ether oxygens (including phenoxy) is 1. The Morgan fingerprint density at radius 2 is 2.24 bits per heavy atom. The van der Waals surface area contributed by atoms with Crippen LogP contribution in [0.15, 0.2) is 24.3 Å². The van der Waals surface area contributed by atoms with Crippen molar-refractivity contribution in [2.24, 2.45) is 0 Å². The van der Waals surface area contributed by atoms with Crippen LogP contribution in [-0.2, 0) is 11.2 Å². The quantitative estimate of drug-likeness (QED) is 0.892. The Labute approximate surface area is 127 Å². The average Bonchev–Trinajstić information content (AvgIpc) is 2.75. The van der Waals surface area contributed by atoms with Crippen LogP contribution in [0.1, 0.15) is 15.6 Å². The van der Waals surface area contributed by atoms with Crippen molar-refractivity contribution < 1.29 is 13.9 Å². The number of halogens is 1. The van der Waals surface area contributed by atoms with Crippen molar-refractivity contribution >= 4 is 17.2 Å². The third kappa shape index (κ3) is 4.82. The van der Waals surface area contributed by atoms with E-state index in [2.05, 4.69) is 10.3 Å². The van der Waals surface area contributed by atoms with Gasteiger partial charge < -0.3 is 10.1 Å². The number of carbonyl (C=O) groups is 1. The van der Waals surface area contributed by atoms with Crippen LogP contribution in [-0.4, -0.2) is 24.0 Å². The van der Waals surface area contributed by atoms with Crippen molar-refractivity contribution in [2.45, 2.75) is 20.3 Å². The highest BCUT2D eigenvalue weighted by molar-refractivity contribution is 7.11. The number of aromatic nitrogens is 1. The minimum absolute atomic E-state index is 0.126. The number of carbonyl (C=O) groups excluding carboxylic acids is 1. The summed E-state index contributed by atoms with van der Waals surface area (Å²) in [5.41, 5.74) is 1.04. The lowest BCUT2D eigenvalue weighted by atomic mass is 10.3. The van der Waals surface area contributed by atoms with E-state index in [1.54, 1.807) is 17.4 Å². The number of nitrogens with one attached hydrogen (secondary N) is 1. The molecule has 0 atom stereocenters. The molecular formula is C15H17FN2O2S. The highest BCUT2D eigenvalue weighted by atomic mass is 32.1. The van der Waals surface area contributed by atoms with E-state index >= 15 is 0 Å². The Hall–Kier alpha value is -1.95. The van der Waals surface area contributed by atoms with Gasteiger partial charge in [-0.1, -0.05) is 6.07 Å². The molecule has 0 saturated heterocycles. The molecule has 112 valence electrons. The van der Waals surface area contributed by atoms with E-state index in [0.29, 0.717) is 18.7 Å². The predicted octanol–water partition coefficient (Wildman–Crippen LogP) is 2.64. The van der Waals surface area contributed by atoms with E-state index in [1.165, 1.54) is 23.1 Å². The molecular weight excluding hydrogens is 291 g/mol. The Kier molecular flexibility index (Phi) is 5.27. The van der Waals surface area contributed by atoms with E-state index in [9.17, 15) is 9.18 Å². The maximum absolute atomic E-state index is 12.9. The monoisotopic (exact) mass is 308 g/mol. The Bertz CT molecular complexity index is 608. The molecule has 0 spiro atoms. The summed E-state index contributed by atoms with van der Waals surface area (Å²) in [6.45, 7) is 4.39. The normalized spacial score (nSPS) is 10.4. The zero-order valence-corrected chi connectivity index (χ0v) is 12.8. The van der Waals surface area contributed by atoms with Crippen molar-refractivity contribution in [3.05, 3.63) is 45.7 Å². The zero-order valence-electron chi connectivity index (χ0n) is 12.0. The number of amides is 1. The minimum Gasteiger partial charge on any atom is -0.484 e. The fourth-order valence-electron chi connectivity index (χ4n) is 1.71. The fourth-order valence-corrected chi connectivity index (χ4v) is 2.65. The van der Waals surface area contributed by atoms with Gasteiger partial charge in [0, 0.05) is 23.9 Å². The van der Waals surface area contributed by atoms with Crippen LogP contribution in [0.2, 0.25) is 0 Å². The summed E-state index contributed by atoms with van der Waals surface area (Å²) < 4.78 is 18.1. The van der Waals surface area contributed by atoms with Crippen molar-refractivity contribution in [3.63, 3.8) is 0 Å². The Morgan fingerprint density at radius 1 is 1.43 bits per heavy atom. The van der Waals surface area contributed by atoms with Gasteiger partial charge in [-0.2, -0.15) is 0 Å². The van der Waals surface area contributed by atoms with E-state index in [4.69, 9.17) is 4.74 Å². The first kappa shape index (κ1) is 15.4. The van der Waals surface area contributed by atoms with Gasteiger partial charge in [-0.3, -0.25) is 4.79 Å². The molecule has 1 aromatic heterocycles. The van der Waals surface area contributed by atoms with Gasteiger partial charge in [-0.05, 0) is 26.0 Å². The second-order valence-electron chi connectivity index (χ2n) is 4.60. The van der Waals surface area contributed by atoms with Gasteiger partial charge in [0.15, 0.2) is 6.61 Å². The van der Waals surface area contributed by atoms with Crippen molar-refractivity contribution in [2.75, 3.05) is 13.2 Å². The van der Waals surface area contributed by atoms with Crippen LogP contribution >= 0.6 is 11.3 Å². The SMILES string of the molecule is Cc1nc(CCNC(=O)COc2cccc(F)c2)sc1C. The highest BCUT2D eigenvalue weighted by Crippen LogP contribution is 2.16. The molecule has 21 heavy (non-hydrogen) atoms. The molecule has 1 N–H and O–H groups in total. The zero-order chi connectivity index (χ0) is 15.2. The van der Waals surface area contributed by atoms with Gasteiger partial charge in [0.2, 0.25) is 0 Å². The van der Waals surface area contributed by atoms with E-state index in [1.807, 2.05) is 13.8 Å². The van der Waals surface area contributed by atoms with Gasteiger partial charge in [0.05, 0.1) is 10.7 Å². The van der Waals surface area contributed by atoms with E-state index in [0.717, 1.165) is 10.7 Å². The van der Waals surface area contributed by atoms with Gasteiger partial charge in [0.25, 0.3) is 5.91 Å². The topological polar surface area (TPSA) is 51.2 Å². The number of aryl methyl sites for hydroxylation is 2. The van der Waals surface area contributed by atoms with Crippen LogP contribution in [0.3, 0.4) is 0 Å². The molecule has 0 unspecified atom stereocenters. The molecule has 1 heterocycles. The molecule has 0 saturated carbocycles. The highest BCUT2D eigenvalue weighted by Gasteiger charge is 2.06. The number of nitrogens with zero attached hydrogens (tertiary/aromatic N) is 1. The van der Waals surface area contributed by atoms with Crippen LogP contribution in [0, 0.1) is 19.7 Å². The van der Waals surface area contributed by atoms with Gasteiger partial charge in [-0.25, -0.2) is 9.37 Å². The summed E-state index contributed by atoms with van der Waals surface area (Å²) in [6.07, 6.45) is 0.699. The lowest BCUT2D eigenvalue weighted by Crippen LogP contribution is -2.30. The number of rotatable bonds is 6. The second kappa shape index (κ2) is 7.17. The molecule has 0 fully saturated rings. The number of benzene rings is 1. The number of hydrogen-bond acceptors (Lipinski definition) is 4. The summed E-state index contributed by atoms with van der Waals surface area (Å²) in [7, 11) is 0. The second-order valence-corrected chi connectivity index (χ2v) is 5.88. The first-order valence-corrected chi connectivity index (χ1v) is 7.44. The van der Waals surface area contributed by atoms with Crippen LogP contribution < -0.4 is 10.1 Å². The van der Waals surface area contributed by atoms with Crippen molar-refractivity contribution in [3.8, 4) is 5.75 Å². The van der Waals surface area contributed by atoms with Crippen molar-refractivity contribution in [1.82, 2.24) is 10.3 Å². The van der Waals surface area contributed by atoms with E-state index in [-0.39, 0.29) is 18.3 Å². The lowest BCUT2D eigenvalue weighted by molar-refractivity contribution is -0.123. The maximum atomic E-state index is 12.9. The Morgan fingerprint density at radius 3 is 2.90 bits per heavy atom. The summed E-state index contributed by atoms with van der Waals surface area (Å²) >= 11 is 1.64. The van der Waals surface area contributed by atoms with Gasteiger partial charge in [-0.15, -0.1) is 11.3 Å². The molecule has 0 aliphatic carbocycles. The third-order valence-electron chi connectivity index (χ3n) is 2.90. The number of hydrogen-bond donors (Lipinski definition) is 1. The molecule has 6 heteroatoms. The van der Waals surface area contributed by atoms with Crippen LogP contribution in [0.25, 0.3) is 0 Å². The maximum Gasteiger partial charge on any atom is 0.257 e. The molecule has 1 amide bonds.